The second-order valence-corrected chi connectivity index (χ2v) is 6.39. The monoisotopic (exact) mass is 287 g/mol. The Morgan fingerprint density at radius 1 is 1.10 bits per heavy atom. The molecule has 1 saturated heterocycles. The van der Waals surface area contributed by atoms with E-state index < -0.39 is 0 Å². The van der Waals surface area contributed by atoms with E-state index in [0.717, 1.165) is 31.6 Å². The predicted octanol–water partition coefficient (Wildman–Crippen LogP) is 2.74. The third kappa shape index (κ3) is 3.21. The maximum atomic E-state index is 12.2. The Morgan fingerprint density at radius 3 is 2.24 bits per heavy atom. The lowest BCUT2D eigenvalue weighted by molar-refractivity contribution is -0.120. The van der Waals surface area contributed by atoms with Crippen LogP contribution in [0.5, 0.6) is 0 Å². The molecule has 1 aromatic carbocycles. The summed E-state index contributed by atoms with van der Waals surface area (Å²) in [6, 6.07) is 8.24. The molecule has 1 heterocycles. The first-order valence-electron chi connectivity index (χ1n) is 8.10. The van der Waals surface area contributed by atoms with Crippen molar-refractivity contribution in [3.05, 3.63) is 24.3 Å². The Labute approximate surface area is 126 Å². The van der Waals surface area contributed by atoms with Crippen LogP contribution in [0.4, 0.5) is 11.4 Å². The molecule has 4 heteroatoms. The van der Waals surface area contributed by atoms with Gasteiger partial charge in [-0.1, -0.05) is 12.8 Å². The van der Waals surface area contributed by atoms with E-state index >= 15 is 0 Å². The van der Waals surface area contributed by atoms with Gasteiger partial charge in [-0.05, 0) is 49.9 Å². The van der Waals surface area contributed by atoms with Gasteiger partial charge in [0.1, 0.15) is 0 Å². The normalized spacial score (nSPS) is 20.7. The summed E-state index contributed by atoms with van der Waals surface area (Å²) in [5, 5.41) is 3.00. The van der Waals surface area contributed by atoms with E-state index in [2.05, 4.69) is 22.3 Å². The van der Waals surface area contributed by atoms with Crippen molar-refractivity contribution in [2.24, 2.45) is 11.1 Å². The van der Waals surface area contributed by atoms with Gasteiger partial charge in [-0.25, -0.2) is 0 Å². The van der Waals surface area contributed by atoms with Crippen LogP contribution in [0.3, 0.4) is 0 Å². The van der Waals surface area contributed by atoms with Gasteiger partial charge in [0.05, 0.1) is 5.41 Å². The van der Waals surface area contributed by atoms with Crippen LogP contribution in [-0.4, -0.2) is 25.5 Å². The summed E-state index contributed by atoms with van der Waals surface area (Å²) in [6.07, 6.45) is 7.06. The Balaban J connectivity index is 1.62. The van der Waals surface area contributed by atoms with Crippen molar-refractivity contribution < 1.29 is 4.79 Å². The van der Waals surface area contributed by atoms with Crippen LogP contribution in [0.2, 0.25) is 0 Å². The fraction of sp³-hybridized carbons (Fsp3) is 0.588. The summed E-state index contributed by atoms with van der Waals surface area (Å²) in [6.45, 7) is 2.73. The molecule has 3 N–H and O–H groups in total. The molecule has 3 rings (SSSR count). The van der Waals surface area contributed by atoms with Gasteiger partial charge < -0.3 is 16.0 Å². The second-order valence-electron chi connectivity index (χ2n) is 6.39. The number of nitrogens with two attached hydrogens (primary N) is 1. The number of hydrogen-bond acceptors (Lipinski definition) is 3. The van der Waals surface area contributed by atoms with Crippen molar-refractivity contribution in [3.8, 4) is 0 Å². The molecule has 0 radical (unpaired) electrons. The summed E-state index contributed by atoms with van der Waals surface area (Å²) < 4.78 is 0. The highest BCUT2D eigenvalue weighted by Gasteiger charge is 2.48. The summed E-state index contributed by atoms with van der Waals surface area (Å²) in [4.78, 5) is 14.6. The maximum Gasteiger partial charge on any atom is 0.231 e. The summed E-state index contributed by atoms with van der Waals surface area (Å²) in [7, 11) is 0. The molecule has 1 aromatic rings. The van der Waals surface area contributed by atoms with Crippen molar-refractivity contribution >= 4 is 17.3 Å². The zero-order valence-corrected chi connectivity index (χ0v) is 12.6. The van der Waals surface area contributed by atoms with Crippen LogP contribution >= 0.6 is 0 Å². The van der Waals surface area contributed by atoms with E-state index in [1.165, 1.54) is 31.4 Å². The molecular formula is C17H25N3O. The molecule has 1 aliphatic carbocycles. The van der Waals surface area contributed by atoms with Gasteiger partial charge in [0, 0.05) is 31.0 Å². The third-order valence-electron chi connectivity index (χ3n) is 4.82. The first-order chi connectivity index (χ1) is 10.2. The Hall–Kier alpha value is -1.55. The van der Waals surface area contributed by atoms with Gasteiger partial charge in [-0.3, -0.25) is 4.79 Å². The van der Waals surface area contributed by atoms with Gasteiger partial charge in [-0.2, -0.15) is 0 Å². The minimum atomic E-state index is -0.288. The van der Waals surface area contributed by atoms with Crippen LogP contribution in [0, 0.1) is 5.41 Å². The van der Waals surface area contributed by atoms with E-state index in [0.29, 0.717) is 6.54 Å². The molecule has 1 saturated carbocycles. The first-order valence-corrected chi connectivity index (χ1v) is 8.10. The highest BCUT2D eigenvalue weighted by atomic mass is 16.2. The average Bonchev–Trinajstić information content (AvgIpc) is 3.33. The predicted molar refractivity (Wildman–Crippen MR) is 86.5 cm³/mol. The molecule has 21 heavy (non-hydrogen) atoms. The SMILES string of the molecule is NCC1(C(=O)Nc2ccc(N3CCCCCC3)cc2)CC1. The second kappa shape index (κ2) is 6.06. The number of carbonyl (C=O) groups is 1. The molecule has 0 unspecified atom stereocenters. The molecular weight excluding hydrogens is 262 g/mol. The van der Waals surface area contributed by atoms with Crippen molar-refractivity contribution in [2.75, 3.05) is 29.9 Å². The van der Waals surface area contributed by atoms with Crippen LogP contribution in [0.1, 0.15) is 38.5 Å². The molecule has 1 amide bonds. The molecule has 2 aliphatic rings. The van der Waals surface area contributed by atoms with Crippen molar-refractivity contribution in [3.63, 3.8) is 0 Å². The van der Waals surface area contributed by atoms with E-state index in [1.807, 2.05) is 12.1 Å². The van der Waals surface area contributed by atoms with E-state index in [1.54, 1.807) is 0 Å². The number of rotatable bonds is 4. The number of carbonyl (C=O) groups excluding carboxylic acids is 1. The lowest BCUT2D eigenvalue weighted by Crippen LogP contribution is -2.30. The standard InChI is InChI=1S/C17H25N3O/c18-13-17(9-10-17)16(21)19-14-5-7-15(8-6-14)20-11-3-1-2-4-12-20/h5-8H,1-4,9-13,18H2,(H,19,21). The lowest BCUT2D eigenvalue weighted by atomic mass is 10.1. The highest BCUT2D eigenvalue weighted by molar-refractivity contribution is 5.97. The zero-order chi connectivity index (χ0) is 14.7. The number of anilines is 2. The molecule has 0 aromatic heterocycles. The topological polar surface area (TPSA) is 58.4 Å². The summed E-state index contributed by atoms with van der Waals surface area (Å²) in [5.41, 5.74) is 7.54. The number of nitrogens with zero attached hydrogens (tertiary/aromatic N) is 1. The van der Waals surface area contributed by atoms with Crippen molar-refractivity contribution in [1.29, 1.82) is 0 Å². The molecule has 0 spiro atoms. The van der Waals surface area contributed by atoms with Crippen molar-refractivity contribution in [1.82, 2.24) is 0 Å². The third-order valence-corrected chi connectivity index (χ3v) is 4.82. The Kier molecular flexibility index (Phi) is 4.15. The largest absolute Gasteiger partial charge is 0.372 e. The van der Waals surface area contributed by atoms with Crippen molar-refractivity contribution in [2.45, 2.75) is 38.5 Å². The number of hydrogen-bond donors (Lipinski definition) is 2. The minimum absolute atomic E-state index is 0.0764. The minimum Gasteiger partial charge on any atom is -0.372 e. The fourth-order valence-electron chi connectivity index (χ4n) is 3.02. The van der Waals surface area contributed by atoms with E-state index in [4.69, 9.17) is 5.73 Å². The average molecular weight is 287 g/mol. The van der Waals surface area contributed by atoms with Gasteiger partial charge >= 0.3 is 0 Å². The van der Waals surface area contributed by atoms with Crippen LogP contribution in [0.15, 0.2) is 24.3 Å². The Morgan fingerprint density at radius 2 is 1.71 bits per heavy atom. The van der Waals surface area contributed by atoms with Gasteiger partial charge in [0.25, 0.3) is 0 Å². The van der Waals surface area contributed by atoms with E-state index in [9.17, 15) is 4.79 Å². The van der Waals surface area contributed by atoms with Gasteiger partial charge in [-0.15, -0.1) is 0 Å². The number of nitrogens with one attached hydrogen (secondary N) is 1. The molecule has 114 valence electrons. The summed E-state index contributed by atoms with van der Waals surface area (Å²) in [5.74, 6) is 0.0764. The number of benzene rings is 1. The van der Waals surface area contributed by atoms with Gasteiger partial charge in [0.2, 0.25) is 5.91 Å². The Bertz CT molecular complexity index is 485. The smallest absolute Gasteiger partial charge is 0.231 e. The quantitative estimate of drug-likeness (QED) is 0.895. The zero-order valence-electron chi connectivity index (χ0n) is 12.6. The lowest BCUT2D eigenvalue weighted by Gasteiger charge is -2.23. The molecule has 2 fully saturated rings. The number of amides is 1. The maximum absolute atomic E-state index is 12.2. The first kappa shape index (κ1) is 14.4. The van der Waals surface area contributed by atoms with E-state index in [-0.39, 0.29) is 11.3 Å². The molecule has 0 bridgehead atoms. The van der Waals surface area contributed by atoms with Crippen LogP contribution in [-0.2, 0) is 4.79 Å². The molecule has 4 nitrogen and oxygen atoms in total. The van der Waals surface area contributed by atoms with Gasteiger partial charge in [0.15, 0.2) is 0 Å². The van der Waals surface area contributed by atoms with Crippen LogP contribution < -0.4 is 16.0 Å². The highest BCUT2D eigenvalue weighted by Crippen LogP contribution is 2.45. The molecule has 1 aliphatic heterocycles. The fourth-order valence-corrected chi connectivity index (χ4v) is 3.02. The summed E-state index contributed by atoms with van der Waals surface area (Å²) >= 11 is 0. The molecule has 0 atom stereocenters. The van der Waals surface area contributed by atoms with Crippen LogP contribution in [0.25, 0.3) is 0 Å².